The Balaban J connectivity index is 1.66. The van der Waals surface area contributed by atoms with Gasteiger partial charge in [0.25, 0.3) is 0 Å². The van der Waals surface area contributed by atoms with E-state index in [2.05, 4.69) is 28.0 Å². The predicted molar refractivity (Wildman–Crippen MR) is 80.8 cm³/mol. The average Bonchev–Trinajstić information content (AvgIpc) is 2.48. The lowest BCUT2D eigenvalue weighted by Gasteiger charge is -2.36. The molecular formula is C16H25N3. The van der Waals surface area contributed by atoms with Crippen molar-refractivity contribution in [3.8, 4) is 0 Å². The number of piperazine rings is 1. The second-order valence-corrected chi connectivity index (χ2v) is 5.78. The van der Waals surface area contributed by atoms with Gasteiger partial charge in [0.05, 0.1) is 0 Å². The van der Waals surface area contributed by atoms with Crippen molar-refractivity contribution in [2.75, 3.05) is 44.2 Å². The Morgan fingerprint density at radius 3 is 2.42 bits per heavy atom. The van der Waals surface area contributed by atoms with E-state index in [1.165, 1.54) is 31.4 Å². The van der Waals surface area contributed by atoms with Crippen LogP contribution >= 0.6 is 0 Å². The molecule has 1 fully saturated rings. The van der Waals surface area contributed by atoms with Crippen molar-refractivity contribution in [1.29, 1.82) is 0 Å². The van der Waals surface area contributed by atoms with Crippen LogP contribution in [0.5, 0.6) is 0 Å². The predicted octanol–water partition coefficient (Wildman–Crippen LogP) is 1.65. The molecule has 1 aliphatic carbocycles. The van der Waals surface area contributed by atoms with Gasteiger partial charge in [-0.3, -0.25) is 4.90 Å². The van der Waals surface area contributed by atoms with Crippen molar-refractivity contribution in [2.24, 2.45) is 5.73 Å². The van der Waals surface area contributed by atoms with E-state index in [1.54, 1.807) is 11.1 Å². The Hall–Kier alpha value is -1.06. The number of fused-ring (bicyclic) bond motifs is 1. The molecule has 0 radical (unpaired) electrons. The second-order valence-electron chi connectivity index (χ2n) is 5.78. The first kappa shape index (κ1) is 12.9. The minimum Gasteiger partial charge on any atom is -0.369 e. The number of hydrogen-bond donors (Lipinski definition) is 1. The number of aryl methyl sites for hydroxylation is 2. The Labute approximate surface area is 116 Å². The normalized spacial score (nSPS) is 20.4. The van der Waals surface area contributed by atoms with E-state index < -0.39 is 0 Å². The molecule has 3 nitrogen and oxygen atoms in total. The maximum atomic E-state index is 5.63. The lowest BCUT2D eigenvalue weighted by Crippen LogP contribution is -2.47. The van der Waals surface area contributed by atoms with Crippen LogP contribution in [-0.2, 0) is 12.8 Å². The molecule has 3 heteroatoms. The highest BCUT2D eigenvalue weighted by Crippen LogP contribution is 2.26. The van der Waals surface area contributed by atoms with Crippen molar-refractivity contribution in [3.63, 3.8) is 0 Å². The number of nitrogens with zero attached hydrogens (tertiary/aromatic N) is 2. The van der Waals surface area contributed by atoms with Crippen molar-refractivity contribution < 1.29 is 0 Å². The number of anilines is 1. The van der Waals surface area contributed by atoms with Crippen LogP contribution in [0, 0.1) is 0 Å². The SMILES string of the molecule is NCCN1CCN(c2ccc3c(c2)CCCC3)CC1. The molecule has 0 amide bonds. The minimum absolute atomic E-state index is 0.777. The van der Waals surface area contributed by atoms with E-state index in [9.17, 15) is 0 Å². The molecule has 0 aromatic heterocycles. The fraction of sp³-hybridized carbons (Fsp3) is 0.625. The summed E-state index contributed by atoms with van der Waals surface area (Å²) >= 11 is 0. The van der Waals surface area contributed by atoms with Crippen LogP contribution in [0.4, 0.5) is 5.69 Å². The summed E-state index contributed by atoms with van der Waals surface area (Å²) < 4.78 is 0. The molecule has 1 aliphatic heterocycles. The van der Waals surface area contributed by atoms with Gasteiger partial charge in [0.1, 0.15) is 0 Å². The Morgan fingerprint density at radius 2 is 1.68 bits per heavy atom. The molecule has 3 rings (SSSR count). The molecule has 1 saturated heterocycles. The fourth-order valence-corrected chi connectivity index (χ4v) is 3.33. The third kappa shape index (κ3) is 2.93. The Bertz CT molecular complexity index is 422. The molecule has 2 aliphatic rings. The van der Waals surface area contributed by atoms with Crippen LogP contribution in [0.1, 0.15) is 24.0 Å². The summed E-state index contributed by atoms with van der Waals surface area (Å²) in [6, 6.07) is 7.12. The van der Waals surface area contributed by atoms with Gasteiger partial charge in [0.2, 0.25) is 0 Å². The van der Waals surface area contributed by atoms with Crippen molar-refractivity contribution in [3.05, 3.63) is 29.3 Å². The van der Waals surface area contributed by atoms with Gasteiger partial charge in [-0.15, -0.1) is 0 Å². The summed E-state index contributed by atoms with van der Waals surface area (Å²) in [5.41, 5.74) is 10.2. The molecule has 0 unspecified atom stereocenters. The van der Waals surface area contributed by atoms with Crippen LogP contribution in [-0.4, -0.2) is 44.2 Å². The second kappa shape index (κ2) is 5.93. The van der Waals surface area contributed by atoms with Gasteiger partial charge < -0.3 is 10.6 Å². The number of nitrogens with two attached hydrogens (primary N) is 1. The van der Waals surface area contributed by atoms with Crippen LogP contribution in [0.3, 0.4) is 0 Å². The lowest BCUT2D eigenvalue weighted by molar-refractivity contribution is 0.265. The highest BCUT2D eigenvalue weighted by atomic mass is 15.3. The molecule has 0 bridgehead atoms. The maximum Gasteiger partial charge on any atom is 0.0370 e. The van der Waals surface area contributed by atoms with E-state index in [4.69, 9.17) is 5.73 Å². The highest BCUT2D eigenvalue weighted by molar-refractivity contribution is 5.52. The van der Waals surface area contributed by atoms with Crippen molar-refractivity contribution in [1.82, 2.24) is 4.90 Å². The van der Waals surface area contributed by atoms with Gasteiger partial charge in [-0.1, -0.05) is 6.07 Å². The lowest BCUT2D eigenvalue weighted by atomic mass is 9.91. The van der Waals surface area contributed by atoms with E-state index >= 15 is 0 Å². The monoisotopic (exact) mass is 259 g/mol. The van der Waals surface area contributed by atoms with E-state index in [0.29, 0.717) is 0 Å². The first-order valence-corrected chi connectivity index (χ1v) is 7.66. The number of rotatable bonds is 3. The third-order valence-corrected chi connectivity index (χ3v) is 4.51. The largest absolute Gasteiger partial charge is 0.369 e. The zero-order valence-electron chi connectivity index (χ0n) is 11.8. The molecule has 0 saturated carbocycles. The summed E-state index contributed by atoms with van der Waals surface area (Å²) in [6.07, 6.45) is 5.28. The van der Waals surface area contributed by atoms with Crippen molar-refractivity contribution >= 4 is 5.69 Å². The van der Waals surface area contributed by atoms with Gasteiger partial charge in [-0.25, -0.2) is 0 Å². The Morgan fingerprint density at radius 1 is 0.947 bits per heavy atom. The summed E-state index contributed by atoms with van der Waals surface area (Å²) in [6.45, 7) is 6.39. The summed E-state index contributed by atoms with van der Waals surface area (Å²) in [5, 5.41) is 0. The van der Waals surface area contributed by atoms with Crippen LogP contribution < -0.4 is 10.6 Å². The molecular weight excluding hydrogens is 234 g/mol. The zero-order chi connectivity index (χ0) is 13.1. The van der Waals surface area contributed by atoms with E-state index in [-0.39, 0.29) is 0 Å². The summed E-state index contributed by atoms with van der Waals surface area (Å²) in [4.78, 5) is 5.00. The standard InChI is InChI=1S/C16H25N3/c17-7-8-18-9-11-19(12-10-18)16-6-5-14-3-1-2-4-15(14)13-16/h5-6,13H,1-4,7-12,17H2. The molecule has 1 aromatic rings. The molecule has 0 spiro atoms. The zero-order valence-corrected chi connectivity index (χ0v) is 11.8. The highest BCUT2D eigenvalue weighted by Gasteiger charge is 2.18. The molecule has 19 heavy (non-hydrogen) atoms. The van der Waals surface area contributed by atoms with Crippen molar-refractivity contribution in [2.45, 2.75) is 25.7 Å². The van der Waals surface area contributed by atoms with Gasteiger partial charge in [0, 0.05) is 45.0 Å². The summed E-state index contributed by atoms with van der Waals surface area (Å²) in [7, 11) is 0. The van der Waals surface area contributed by atoms with Crippen LogP contribution in [0.15, 0.2) is 18.2 Å². The first-order valence-electron chi connectivity index (χ1n) is 7.66. The minimum atomic E-state index is 0.777. The first-order chi connectivity index (χ1) is 9.36. The molecule has 1 heterocycles. The number of hydrogen-bond acceptors (Lipinski definition) is 3. The quantitative estimate of drug-likeness (QED) is 0.896. The molecule has 2 N–H and O–H groups in total. The summed E-state index contributed by atoms with van der Waals surface area (Å²) in [5.74, 6) is 0. The Kier molecular flexibility index (Phi) is 4.04. The third-order valence-electron chi connectivity index (χ3n) is 4.51. The fourth-order valence-electron chi connectivity index (χ4n) is 3.33. The molecule has 104 valence electrons. The van der Waals surface area contributed by atoms with Crippen LogP contribution in [0.25, 0.3) is 0 Å². The van der Waals surface area contributed by atoms with Gasteiger partial charge in [-0.2, -0.15) is 0 Å². The number of benzene rings is 1. The maximum absolute atomic E-state index is 5.63. The van der Waals surface area contributed by atoms with Crippen LogP contribution in [0.2, 0.25) is 0 Å². The molecule has 0 atom stereocenters. The van der Waals surface area contributed by atoms with Gasteiger partial charge in [0.15, 0.2) is 0 Å². The van der Waals surface area contributed by atoms with Gasteiger partial charge in [-0.05, 0) is 48.9 Å². The average molecular weight is 259 g/mol. The van der Waals surface area contributed by atoms with Gasteiger partial charge >= 0.3 is 0 Å². The van der Waals surface area contributed by atoms with E-state index in [1.807, 2.05) is 0 Å². The smallest absolute Gasteiger partial charge is 0.0370 e. The topological polar surface area (TPSA) is 32.5 Å². The molecule has 1 aromatic carbocycles. The van der Waals surface area contributed by atoms with E-state index in [0.717, 1.165) is 39.3 Å².